The van der Waals surface area contributed by atoms with Crippen LogP contribution in [0.5, 0.6) is 0 Å². The number of rotatable bonds is 2. The summed E-state index contributed by atoms with van der Waals surface area (Å²) in [5.74, 6) is 0.720. The molecule has 0 saturated heterocycles. The first-order chi connectivity index (χ1) is 10.6. The second kappa shape index (κ2) is 5.76. The lowest BCUT2D eigenvalue weighted by Gasteiger charge is -2.11. The van der Waals surface area contributed by atoms with Crippen molar-refractivity contribution in [3.05, 3.63) is 41.1 Å². The summed E-state index contributed by atoms with van der Waals surface area (Å²) in [6.07, 6.45) is 3.02. The maximum absolute atomic E-state index is 11.6. The quantitative estimate of drug-likeness (QED) is 0.758. The lowest BCUT2D eigenvalue weighted by atomic mass is 10.1. The number of benzene rings is 1. The van der Waals surface area contributed by atoms with E-state index in [9.17, 15) is 4.79 Å². The fraction of sp³-hybridized carbons (Fsp3) is 0.133. The third kappa shape index (κ3) is 2.67. The average Bonchev–Trinajstić information content (AvgIpc) is 2.93. The number of nitrogens with zero attached hydrogens (tertiary/aromatic N) is 3. The first-order valence-electron chi connectivity index (χ1n) is 6.51. The maximum Gasteiger partial charge on any atom is 0.411 e. The van der Waals surface area contributed by atoms with Gasteiger partial charge in [-0.05, 0) is 24.3 Å². The van der Waals surface area contributed by atoms with Gasteiger partial charge in [-0.2, -0.15) is 0 Å². The van der Waals surface area contributed by atoms with Gasteiger partial charge in [0.05, 0.1) is 18.3 Å². The lowest BCUT2D eigenvalue weighted by molar-refractivity contribution is 0.187. The molecule has 0 unspecified atom stereocenters. The molecule has 2 heterocycles. The minimum Gasteiger partial charge on any atom is -0.453 e. The normalized spacial score (nSPS) is 10.7. The molecule has 0 fully saturated rings. The van der Waals surface area contributed by atoms with Gasteiger partial charge in [-0.25, -0.2) is 14.8 Å². The molecular formula is C15H13BrN4O2. The Morgan fingerprint density at radius 2 is 2.18 bits per heavy atom. The van der Waals surface area contributed by atoms with E-state index in [0.717, 1.165) is 21.2 Å². The van der Waals surface area contributed by atoms with Crippen molar-refractivity contribution in [2.24, 2.45) is 7.05 Å². The standard InChI is InChI=1S/C15H13BrN4O2/c1-20-6-5-17-14(20)13-8-12(19-15(21)22-2)10-7-9(16)3-4-11(10)18-13/h3-8H,1-2H3,(H,18,19,21). The minimum absolute atomic E-state index is 0.529. The first-order valence-corrected chi connectivity index (χ1v) is 7.31. The number of hydrogen-bond donors (Lipinski definition) is 1. The molecule has 0 aliphatic rings. The number of anilines is 1. The molecule has 0 bridgehead atoms. The zero-order valence-electron chi connectivity index (χ0n) is 12.0. The topological polar surface area (TPSA) is 69.0 Å². The van der Waals surface area contributed by atoms with E-state index in [-0.39, 0.29) is 0 Å². The van der Waals surface area contributed by atoms with E-state index in [2.05, 4.69) is 36.0 Å². The molecule has 3 rings (SSSR count). The van der Waals surface area contributed by atoms with E-state index < -0.39 is 6.09 Å². The number of pyridine rings is 1. The Morgan fingerprint density at radius 3 is 2.86 bits per heavy atom. The van der Waals surface area contributed by atoms with Crippen molar-refractivity contribution in [3.63, 3.8) is 0 Å². The molecule has 1 N–H and O–H groups in total. The molecule has 0 spiro atoms. The number of ether oxygens (including phenoxy) is 1. The highest BCUT2D eigenvalue weighted by Gasteiger charge is 2.13. The summed E-state index contributed by atoms with van der Waals surface area (Å²) in [5.41, 5.74) is 2.06. The van der Waals surface area contributed by atoms with Crippen LogP contribution in [0.25, 0.3) is 22.4 Å². The van der Waals surface area contributed by atoms with Crippen molar-refractivity contribution in [3.8, 4) is 11.5 Å². The van der Waals surface area contributed by atoms with Crippen LogP contribution in [0.2, 0.25) is 0 Å². The average molecular weight is 361 g/mol. The number of carbonyl (C=O) groups is 1. The highest BCUT2D eigenvalue weighted by atomic mass is 79.9. The van der Waals surface area contributed by atoms with Crippen LogP contribution in [-0.2, 0) is 11.8 Å². The van der Waals surface area contributed by atoms with Crippen LogP contribution in [0.1, 0.15) is 0 Å². The fourth-order valence-electron chi connectivity index (χ4n) is 2.19. The summed E-state index contributed by atoms with van der Waals surface area (Å²) in [6, 6.07) is 7.47. The predicted octanol–water partition coefficient (Wildman–Crippen LogP) is 3.58. The Hall–Kier alpha value is -2.41. The number of halogens is 1. The molecule has 0 atom stereocenters. The Labute approximate surface area is 135 Å². The molecule has 0 aliphatic carbocycles. The van der Waals surface area contributed by atoms with Crippen LogP contribution in [0.15, 0.2) is 41.1 Å². The summed E-state index contributed by atoms with van der Waals surface area (Å²) < 4.78 is 7.46. The van der Waals surface area contributed by atoms with Crippen molar-refractivity contribution in [1.29, 1.82) is 0 Å². The van der Waals surface area contributed by atoms with Gasteiger partial charge >= 0.3 is 6.09 Å². The summed E-state index contributed by atoms with van der Waals surface area (Å²) in [7, 11) is 3.22. The Balaban J connectivity index is 2.22. The molecule has 1 aromatic carbocycles. The molecule has 6 nitrogen and oxygen atoms in total. The van der Waals surface area contributed by atoms with E-state index in [4.69, 9.17) is 0 Å². The number of amides is 1. The molecule has 1 amide bonds. The monoisotopic (exact) mass is 360 g/mol. The van der Waals surface area contributed by atoms with Crippen LogP contribution in [0.4, 0.5) is 10.5 Å². The summed E-state index contributed by atoms with van der Waals surface area (Å²) in [4.78, 5) is 20.5. The molecule has 3 aromatic rings. The van der Waals surface area contributed by atoms with E-state index in [1.807, 2.05) is 36.0 Å². The Bertz CT molecular complexity index is 860. The maximum atomic E-state index is 11.6. The smallest absolute Gasteiger partial charge is 0.411 e. The first kappa shape index (κ1) is 14.5. The van der Waals surface area contributed by atoms with Gasteiger partial charge in [0.2, 0.25) is 0 Å². The molecule has 0 aliphatic heterocycles. The number of methoxy groups -OCH3 is 1. The molecule has 112 valence electrons. The van der Waals surface area contributed by atoms with Gasteiger partial charge in [-0.15, -0.1) is 0 Å². The number of hydrogen-bond acceptors (Lipinski definition) is 4. The predicted molar refractivity (Wildman–Crippen MR) is 87.7 cm³/mol. The van der Waals surface area contributed by atoms with Gasteiger partial charge in [-0.3, -0.25) is 5.32 Å². The fourth-order valence-corrected chi connectivity index (χ4v) is 2.55. The molecule has 0 saturated carbocycles. The van der Waals surface area contributed by atoms with E-state index in [1.54, 1.807) is 12.3 Å². The molecular weight excluding hydrogens is 348 g/mol. The summed E-state index contributed by atoms with van der Waals surface area (Å²) in [6.45, 7) is 0. The van der Waals surface area contributed by atoms with E-state index in [0.29, 0.717) is 11.4 Å². The van der Waals surface area contributed by atoms with Crippen LogP contribution in [0.3, 0.4) is 0 Å². The van der Waals surface area contributed by atoms with E-state index in [1.165, 1.54) is 7.11 Å². The highest BCUT2D eigenvalue weighted by Crippen LogP contribution is 2.29. The van der Waals surface area contributed by atoms with Crippen LogP contribution in [-0.4, -0.2) is 27.7 Å². The Kier molecular flexibility index (Phi) is 3.81. The molecule has 2 aromatic heterocycles. The van der Waals surface area contributed by atoms with Gasteiger partial charge in [-0.1, -0.05) is 15.9 Å². The number of fused-ring (bicyclic) bond motifs is 1. The van der Waals surface area contributed by atoms with Gasteiger partial charge in [0.25, 0.3) is 0 Å². The molecule has 7 heteroatoms. The van der Waals surface area contributed by atoms with Crippen molar-refractivity contribution < 1.29 is 9.53 Å². The third-order valence-electron chi connectivity index (χ3n) is 3.24. The van der Waals surface area contributed by atoms with Crippen molar-refractivity contribution >= 4 is 38.6 Å². The number of imidazole rings is 1. The number of carbonyl (C=O) groups excluding carboxylic acids is 1. The van der Waals surface area contributed by atoms with Gasteiger partial charge in [0, 0.05) is 29.3 Å². The van der Waals surface area contributed by atoms with Crippen molar-refractivity contribution in [1.82, 2.24) is 14.5 Å². The van der Waals surface area contributed by atoms with Gasteiger partial charge in [0.1, 0.15) is 5.69 Å². The minimum atomic E-state index is -0.529. The summed E-state index contributed by atoms with van der Waals surface area (Å²) >= 11 is 3.43. The zero-order chi connectivity index (χ0) is 15.7. The summed E-state index contributed by atoms with van der Waals surface area (Å²) in [5, 5.41) is 3.54. The Morgan fingerprint density at radius 1 is 1.36 bits per heavy atom. The lowest BCUT2D eigenvalue weighted by Crippen LogP contribution is -2.11. The van der Waals surface area contributed by atoms with Crippen LogP contribution >= 0.6 is 15.9 Å². The van der Waals surface area contributed by atoms with E-state index >= 15 is 0 Å². The largest absolute Gasteiger partial charge is 0.453 e. The van der Waals surface area contributed by atoms with Crippen LogP contribution in [0, 0.1) is 0 Å². The second-order valence-electron chi connectivity index (χ2n) is 4.69. The molecule has 22 heavy (non-hydrogen) atoms. The highest BCUT2D eigenvalue weighted by molar-refractivity contribution is 9.10. The third-order valence-corrected chi connectivity index (χ3v) is 3.74. The van der Waals surface area contributed by atoms with Crippen molar-refractivity contribution in [2.45, 2.75) is 0 Å². The molecule has 0 radical (unpaired) electrons. The van der Waals surface area contributed by atoms with Crippen molar-refractivity contribution in [2.75, 3.05) is 12.4 Å². The van der Waals surface area contributed by atoms with Gasteiger partial charge in [0.15, 0.2) is 5.82 Å². The number of aryl methyl sites for hydroxylation is 1. The second-order valence-corrected chi connectivity index (χ2v) is 5.61. The van der Waals surface area contributed by atoms with Gasteiger partial charge < -0.3 is 9.30 Å². The van der Waals surface area contributed by atoms with Crippen LogP contribution < -0.4 is 5.32 Å². The zero-order valence-corrected chi connectivity index (χ0v) is 13.6. The number of nitrogens with one attached hydrogen (secondary N) is 1. The SMILES string of the molecule is COC(=O)Nc1cc(-c2nccn2C)nc2ccc(Br)cc12. The number of aromatic nitrogens is 3.